The molecule has 3 heterocycles. The van der Waals surface area contributed by atoms with E-state index in [4.69, 9.17) is 10.5 Å². The van der Waals surface area contributed by atoms with Gasteiger partial charge in [-0.25, -0.2) is 4.79 Å². The van der Waals surface area contributed by atoms with Crippen LogP contribution in [0.15, 0.2) is 40.1 Å². The van der Waals surface area contributed by atoms with E-state index in [2.05, 4.69) is 4.98 Å². The summed E-state index contributed by atoms with van der Waals surface area (Å²) in [5, 5.41) is 0. The fourth-order valence-corrected chi connectivity index (χ4v) is 3.27. The van der Waals surface area contributed by atoms with Gasteiger partial charge in [0.25, 0.3) is 11.5 Å². The highest BCUT2D eigenvalue weighted by atomic mass is 16.5. The van der Waals surface area contributed by atoms with Crippen molar-refractivity contribution in [3.8, 4) is 11.4 Å². The van der Waals surface area contributed by atoms with E-state index in [1.165, 1.54) is 11.6 Å². The molecule has 0 bridgehead atoms. The molecule has 0 aliphatic heterocycles. The molecule has 0 saturated heterocycles. The third-order valence-electron chi connectivity index (χ3n) is 4.60. The SMILES string of the molecule is Cc1cn2c3c(=O)n(C)c(=O)n(C)c3nc2n1-c1cccc(OCC(N)=O)c1. The minimum absolute atomic E-state index is 0.227. The van der Waals surface area contributed by atoms with Crippen LogP contribution in [0.25, 0.3) is 22.6 Å². The first-order valence-electron chi connectivity index (χ1n) is 8.47. The van der Waals surface area contributed by atoms with Gasteiger partial charge in [-0.15, -0.1) is 0 Å². The van der Waals surface area contributed by atoms with Crippen LogP contribution in [0.3, 0.4) is 0 Å². The van der Waals surface area contributed by atoms with Crippen LogP contribution in [-0.2, 0) is 18.9 Å². The molecule has 0 atom stereocenters. The summed E-state index contributed by atoms with van der Waals surface area (Å²) in [5.74, 6) is 0.390. The zero-order valence-electron chi connectivity index (χ0n) is 15.5. The van der Waals surface area contributed by atoms with Crippen LogP contribution in [0, 0.1) is 6.92 Å². The van der Waals surface area contributed by atoms with Gasteiger partial charge in [0, 0.05) is 32.1 Å². The molecule has 28 heavy (non-hydrogen) atoms. The summed E-state index contributed by atoms with van der Waals surface area (Å²) in [6, 6.07) is 7.08. The molecular formula is C18H18N6O4. The van der Waals surface area contributed by atoms with Crippen molar-refractivity contribution in [2.45, 2.75) is 6.92 Å². The number of amides is 1. The standard InChI is InChI=1S/C18H18N6O4/c1-10-8-23-14-15(21(2)18(27)22(3)16(14)26)20-17(23)24(10)11-5-4-6-12(7-11)28-9-13(19)25/h4-8H,9H2,1-3H3,(H2,19,25). The summed E-state index contributed by atoms with van der Waals surface area (Å²) in [6.07, 6.45) is 1.79. The molecule has 0 unspecified atom stereocenters. The molecule has 1 aromatic carbocycles. The van der Waals surface area contributed by atoms with Crippen molar-refractivity contribution in [1.82, 2.24) is 23.1 Å². The molecule has 10 nitrogen and oxygen atoms in total. The van der Waals surface area contributed by atoms with Gasteiger partial charge in [0.1, 0.15) is 5.75 Å². The van der Waals surface area contributed by atoms with E-state index < -0.39 is 17.2 Å². The molecule has 4 rings (SSSR count). The number of aryl methyl sites for hydroxylation is 2. The van der Waals surface area contributed by atoms with Crippen molar-refractivity contribution in [3.05, 3.63) is 57.0 Å². The Balaban J connectivity index is 1.98. The molecule has 10 heteroatoms. The number of rotatable bonds is 4. The number of nitrogens with zero attached hydrogens (tertiary/aromatic N) is 5. The Kier molecular flexibility index (Phi) is 3.84. The van der Waals surface area contributed by atoms with Gasteiger partial charge in [0.15, 0.2) is 17.8 Å². The fraction of sp³-hybridized carbons (Fsp3) is 0.222. The molecule has 0 fully saturated rings. The average molecular weight is 382 g/mol. The largest absolute Gasteiger partial charge is 0.484 e. The highest BCUT2D eigenvalue weighted by molar-refractivity contribution is 5.77. The van der Waals surface area contributed by atoms with Gasteiger partial charge >= 0.3 is 5.69 Å². The maximum Gasteiger partial charge on any atom is 0.332 e. The van der Waals surface area contributed by atoms with Crippen molar-refractivity contribution in [3.63, 3.8) is 0 Å². The first-order chi connectivity index (χ1) is 13.3. The number of carbonyl (C=O) groups excluding carboxylic acids is 1. The van der Waals surface area contributed by atoms with E-state index >= 15 is 0 Å². The van der Waals surface area contributed by atoms with Crippen LogP contribution in [-0.4, -0.2) is 35.6 Å². The van der Waals surface area contributed by atoms with Crippen LogP contribution >= 0.6 is 0 Å². The maximum atomic E-state index is 12.7. The average Bonchev–Trinajstić information content (AvgIpc) is 3.17. The molecule has 1 amide bonds. The summed E-state index contributed by atoms with van der Waals surface area (Å²) in [5.41, 5.74) is 6.45. The lowest BCUT2D eigenvalue weighted by atomic mass is 10.3. The maximum absolute atomic E-state index is 12.7. The molecular weight excluding hydrogens is 364 g/mol. The van der Waals surface area contributed by atoms with Crippen LogP contribution in [0.4, 0.5) is 0 Å². The second kappa shape index (κ2) is 6.12. The predicted molar refractivity (Wildman–Crippen MR) is 102 cm³/mol. The summed E-state index contributed by atoms with van der Waals surface area (Å²) in [6.45, 7) is 1.65. The third kappa shape index (κ3) is 2.49. The van der Waals surface area contributed by atoms with Gasteiger partial charge in [-0.2, -0.15) is 4.98 Å². The highest BCUT2D eigenvalue weighted by Gasteiger charge is 2.19. The Morgan fingerprint density at radius 1 is 1.21 bits per heavy atom. The normalized spacial score (nSPS) is 11.4. The van der Waals surface area contributed by atoms with Gasteiger partial charge < -0.3 is 10.5 Å². The van der Waals surface area contributed by atoms with Crippen molar-refractivity contribution < 1.29 is 9.53 Å². The first-order valence-corrected chi connectivity index (χ1v) is 8.47. The van der Waals surface area contributed by atoms with E-state index in [1.54, 1.807) is 35.8 Å². The lowest BCUT2D eigenvalue weighted by molar-refractivity contribution is -0.119. The minimum Gasteiger partial charge on any atom is -0.484 e. The van der Waals surface area contributed by atoms with Gasteiger partial charge in [-0.3, -0.25) is 27.7 Å². The van der Waals surface area contributed by atoms with Crippen LogP contribution in [0.5, 0.6) is 5.75 Å². The van der Waals surface area contributed by atoms with Crippen molar-refractivity contribution >= 4 is 22.8 Å². The van der Waals surface area contributed by atoms with Gasteiger partial charge in [0.05, 0.1) is 5.69 Å². The number of carbonyl (C=O) groups is 1. The molecule has 4 aromatic rings. The number of ether oxygens (including phenoxy) is 1. The lowest BCUT2D eigenvalue weighted by Crippen LogP contribution is -2.37. The van der Waals surface area contributed by atoms with Gasteiger partial charge in [-0.1, -0.05) is 6.07 Å². The second-order valence-electron chi connectivity index (χ2n) is 6.52. The van der Waals surface area contributed by atoms with E-state index in [1.807, 2.05) is 17.6 Å². The molecule has 3 aromatic heterocycles. The lowest BCUT2D eigenvalue weighted by Gasteiger charge is -2.09. The summed E-state index contributed by atoms with van der Waals surface area (Å²) in [7, 11) is 3.01. The van der Waals surface area contributed by atoms with Crippen molar-refractivity contribution in [2.75, 3.05) is 6.61 Å². The van der Waals surface area contributed by atoms with Crippen molar-refractivity contribution in [1.29, 1.82) is 0 Å². The number of primary amides is 1. The summed E-state index contributed by atoms with van der Waals surface area (Å²) in [4.78, 5) is 40.4. The summed E-state index contributed by atoms with van der Waals surface area (Å²) < 4.78 is 11.3. The van der Waals surface area contributed by atoms with Crippen LogP contribution in [0.2, 0.25) is 0 Å². The predicted octanol–water partition coefficient (Wildman–Crippen LogP) is -0.152. The molecule has 0 radical (unpaired) electrons. The number of fused-ring (bicyclic) bond motifs is 3. The van der Waals surface area contributed by atoms with E-state index in [0.717, 1.165) is 15.9 Å². The minimum atomic E-state index is -0.568. The Bertz CT molecular complexity index is 1370. The first kappa shape index (κ1) is 17.6. The Hall–Kier alpha value is -3.82. The molecule has 2 N–H and O–H groups in total. The number of aromatic nitrogens is 5. The second-order valence-corrected chi connectivity index (χ2v) is 6.52. The van der Waals surface area contributed by atoms with Crippen LogP contribution < -0.4 is 21.7 Å². The summed E-state index contributed by atoms with van der Waals surface area (Å²) >= 11 is 0. The van der Waals surface area contributed by atoms with Crippen LogP contribution in [0.1, 0.15) is 5.69 Å². The van der Waals surface area contributed by atoms with Crippen molar-refractivity contribution in [2.24, 2.45) is 19.8 Å². The third-order valence-corrected chi connectivity index (χ3v) is 4.60. The number of benzene rings is 1. The van der Waals surface area contributed by atoms with E-state index in [-0.39, 0.29) is 6.61 Å². The molecule has 0 spiro atoms. The quantitative estimate of drug-likeness (QED) is 0.526. The van der Waals surface area contributed by atoms with Gasteiger partial charge in [0.2, 0.25) is 5.78 Å². The number of imidazole rings is 2. The van der Waals surface area contributed by atoms with E-state index in [9.17, 15) is 14.4 Å². The zero-order chi connectivity index (χ0) is 20.2. The number of hydrogen-bond acceptors (Lipinski definition) is 5. The number of nitrogens with two attached hydrogens (primary N) is 1. The smallest absolute Gasteiger partial charge is 0.332 e. The Morgan fingerprint density at radius 2 is 1.96 bits per heavy atom. The topological polar surface area (TPSA) is 119 Å². The Morgan fingerprint density at radius 3 is 2.68 bits per heavy atom. The number of hydrogen-bond donors (Lipinski definition) is 1. The highest BCUT2D eigenvalue weighted by Crippen LogP contribution is 2.23. The molecule has 0 aliphatic rings. The zero-order valence-corrected chi connectivity index (χ0v) is 15.5. The molecule has 144 valence electrons. The molecule has 0 aliphatic carbocycles. The molecule has 0 saturated carbocycles. The monoisotopic (exact) mass is 382 g/mol. The fourth-order valence-electron chi connectivity index (χ4n) is 3.27. The Labute approximate surface area is 158 Å². The van der Waals surface area contributed by atoms with E-state index in [0.29, 0.717) is 22.7 Å². The van der Waals surface area contributed by atoms with Gasteiger partial charge in [-0.05, 0) is 19.1 Å².